The molecule has 106 valence electrons. The SMILES string of the molecule is CCCC(=O)N1CCN(c2ncnc3c2C=CC3)CC1. The van der Waals surface area contributed by atoms with Crippen LogP contribution in [0.1, 0.15) is 31.0 Å². The number of hydrogen-bond acceptors (Lipinski definition) is 4. The number of amides is 1. The van der Waals surface area contributed by atoms with Crippen LogP contribution in [0, 0.1) is 0 Å². The molecule has 0 atom stereocenters. The number of nitrogens with zero attached hydrogens (tertiary/aromatic N) is 4. The topological polar surface area (TPSA) is 49.3 Å². The van der Waals surface area contributed by atoms with Crippen LogP contribution in [0.2, 0.25) is 0 Å². The van der Waals surface area contributed by atoms with E-state index in [0.717, 1.165) is 56.1 Å². The van der Waals surface area contributed by atoms with Crippen LogP contribution in [0.25, 0.3) is 6.08 Å². The first-order valence-corrected chi connectivity index (χ1v) is 7.32. The standard InChI is InChI=1S/C15H20N4O/c1-2-4-14(20)18-7-9-19(10-8-18)15-12-5-3-6-13(12)16-11-17-15/h3,5,11H,2,4,6-10H2,1H3. The van der Waals surface area contributed by atoms with E-state index in [1.165, 1.54) is 0 Å². The average Bonchev–Trinajstić information content (AvgIpc) is 2.96. The number of hydrogen-bond donors (Lipinski definition) is 0. The van der Waals surface area contributed by atoms with Gasteiger partial charge >= 0.3 is 0 Å². The van der Waals surface area contributed by atoms with Crippen molar-refractivity contribution in [3.8, 4) is 0 Å². The second-order valence-corrected chi connectivity index (χ2v) is 5.28. The van der Waals surface area contributed by atoms with Gasteiger partial charge in [0.05, 0.1) is 5.69 Å². The summed E-state index contributed by atoms with van der Waals surface area (Å²) in [5.41, 5.74) is 2.26. The molecule has 3 rings (SSSR count). The molecular weight excluding hydrogens is 252 g/mol. The van der Waals surface area contributed by atoms with E-state index in [9.17, 15) is 4.79 Å². The summed E-state index contributed by atoms with van der Waals surface area (Å²) in [6.45, 7) is 5.34. The molecule has 0 bridgehead atoms. The van der Waals surface area contributed by atoms with Crippen LogP contribution in [0.5, 0.6) is 0 Å². The maximum Gasteiger partial charge on any atom is 0.222 e. The summed E-state index contributed by atoms with van der Waals surface area (Å²) in [4.78, 5) is 24.9. The van der Waals surface area contributed by atoms with Gasteiger partial charge in [-0.25, -0.2) is 9.97 Å². The molecule has 2 heterocycles. The number of rotatable bonds is 3. The molecule has 1 fully saturated rings. The number of anilines is 1. The summed E-state index contributed by atoms with van der Waals surface area (Å²) in [6.07, 6.45) is 8.37. The van der Waals surface area contributed by atoms with Crippen molar-refractivity contribution in [2.24, 2.45) is 0 Å². The molecule has 0 unspecified atom stereocenters. The molecular formula is C15H20N4O. The van der Waals surface area contributed by atoms with Crippen LogP contribution in [0.3, 0.4) is 0 Å². The third-order valence-electron chi connectivity index (χ3n) is 3.94. The van der Waals surface area contributed by atoms with Crippen molar-refractivity contribution in [1.29, 1.82) is 0 Å². The van der Waals surface area contributed by atoms with Crippen molar-refractivity contribution >= 4 is 17.8 Å². The second-order valence-electron chi connectivity index (χ2n) is 5.28. The van der Waals surface area contributed by atoms with E-state index in [4.69, 9.17) is 0 Å². The largest absolute Gasteiger partial charge is 0.352 e. The summed E-state index contributed by atoms with van der Waals surface area (Å²) in [5.74, 6) is 1.30. The van der Waals surface area contributed by atoms with Gasteiger partial charge in [-0.05, 0) is 6.42 Å². The Morgan fingerprint density at radius 1 is 1.25 bits per heavy atom. The molecule has 1 amide bonds. The Hall–Kier alpha value is -1.91. The zero-order valence-corrected chi connectivity index (χ0v) is 11.9. The van der Waals surface area contributed by atoms with Crippen LogP contribution in [0.4, 0.5) is 5.82 Å². The fourth-order valence-corrected chi connectivity index (χ4v) is 2.83. The highest BCUT2D eigenvalue weighted by atomic mass is 16.2. The van der Waals surface area contributed by atoms with Crippen LogP contribution in [0.15, 0.2) is 12.4 Å². The molecule has 5 heteroatoms. The predicted molar refractivity (Wildman–Crippen MR) is 78.5 cm³/mol. The average molecular weight is 272 g/mol. The molecule has 1 saturated heterocycles. The lowest BCUT2D eigenvalue weighted by molar-refractivity contribution is -0.131. The maximum atomic E-state index is 11.9. The lowest BCUT2D eigenvalue weighted by atomic mass is 10.2. The molecule has 0 N–H and O–H groups in total. The van der Waals surface area contributed by atoms with E-state index in [0.29, 0.717) is 6.42 Å². The number of carbonyl (C=O) groups excluding carboxylic acids is 1. The van der Waals surface area contributed by atoms with Crippen molar-refractivity contribution in [1.82, 2.24) is 14.9 Å². The lowest BCUT2D eigenvalue weighted by Crippen LogP contribution is -2.49. The minimum Gasteiger partial charge on any atom is -0.352 e. The minimum absolute atomic E-state index is 0.278. The number of allylic oxidation sites excluding steroid dienone is 1. The molecule has 1 aliphatic heterocycles. The zero-order valence-electron chi connectivity index (χ0n) is 11.9. The van der Waals surface area contributed by atoms with Crippen LogP contribution >= 0.6 is 0 Å². The first-order valence-electron chi connectivity index (χ1n) is 7.32. The van der Waals surface area contributed by atoms with Gasteiger partial charge in [-0.2, -0.15) is 0 Å². The summed E-state index contributed by atoms with van der Waals surface area (Å²) in [6, 6.07) is 0. The van der Waals surface area contributed by atoms with Crippen LogP contribution in [-0.2, 0) is 11.2 Å². The molecule has 0 radical (unpaired) electrons. The van der Waals surface area contributed by atoms with E-state index in [1.807, 2.05) is 11.8 Å². The third kappa shape index (κ3) is 2.40. The number of carbonyl (C=O) groups is 1. The second kappa shape index (κ2) is 5.61. The summed E-state index contributed by atoms with van der Waals surface area (Å²) >= 11 is 0. The summed E-state index contributed by atoms with van der Waals surface area (Å²) in [7, 11) is 0. The van der Waals surface area contributed by atoms with Crippen molar-refractivity contribution < 1.29 is 4.79 Å². The molecule has 0 aromatic carbocycles. The molecule has 0 spiro atoms. The molecule has 1 aromatic heterocycles. The quantitative estimate of drug-likeness (QED) is 0.836. The number of aromatic nitrogens is 2. The first kappa shape index (κ1) is 13.1. The normalized spacial score (nSPS) is 17.4. The number of piperazine rings is 1. The Morgan fingerprint density at radius 3 is 2.80 bits per heavy atom. The summed E-state index contributed by atoms with van der Waals surface area (Å²) in [5, 5.41) is 0. The van der Waals surface area contributed by atoms with E-state index in [1.54, 1.807) is 6.33 Å². The Balaban J connectivity index is 1.68. The van der Waals surface area contributed by atoms with Gasteiger partial charge < -0.3 is 9.80 Å². The van der Waals surface area contributed by atoms with Gasteiger partial charge in [0.2, 0.25) is 5.91 Å². The summed E-state index contributed by atoms with van der Waals surface area (Å²) < 4.78 is 0. The number of fused-ring (bicyclic) bond motifs is 1. The molecule has 1 aromatic rings. The molecule has 20 heavy (non-hydrogen) atoms. The van der Waals surface area contributed by atoms with Gasteiger partial charge in [0.1, 0.15) is 12.1 Å². The van der Waals surface area contributed by atoms with E-state index in [2.05, 4.69) is 27.0 Å². The maximum absolute atomic E-state index is 11.9. The Bertz CT molecular complexity index is 533. The van der Waals surface area contributed by atoms with Crippen molar-refractivity contribution in [2.75, 3.05) is 31.1 Å². The zero-order chi connectivity index (χ0) is 13.9. The third-order valence-corrected chi connectivity index (χ3v) is 3.94. The highest BCUT2D eigenvalue weighted by Crippen LogP contribution is 2.26. The van der Waals surface area contributed by atoms with Gasteiger partial charge in [0.25, 0.3) is 0 Å². The molecule has 5 nitrogen and oxygen atoms in total. The van der Waals surface area contributed by atoms with Gasteiger partial charge in [0.15, 0.2) is 0 Å². The molecule has 2 aliphatic rings. The monoisotopic (exact) mass is 272 g/mol. The lowest BCUT2D eigenvalue weighted by Gasteiger charge is -2.36. The van der Waals surface area contributed by atoms with E-state index in [-0.39, 0.29) is 5.91 Å². The van der Waals surface area contributed by atoms with Crippen molar-refractivity contribution in [3.05, 3.63) is 23.7 Å². The van der Waals surface area contributed by atoms with Crippen LogP contribution < -0.4 is 4.90 Å². The smallest absolute Gasteiger partial charge is 0.222 e. The molecule has 0 saturated carbocycles. The molecule has 1 aliphatic carbocycles. The van der Waals surface area contributed by atoms with E-state index < -0.39 is 0 Å². The Morgan fingerprint density at radius 2 is 2.05 bits per heavy atom. The highest BCUT2D eigenvalue weighted by molar-refractivity contribution is 5.76. The van der Waals surface area contributed by atoms with Gasteiger partial charge in [-0.1, -0.05) is 19.1 Å². The highest BCUT2D eigenvalue weighted by Gasteiger charge is 2.24. The van der Waals surface area contributed by atoms with Gasteiger partial charge in [-0.3, -0.25) is 4.79 Å². The Kier molecular flexibility index (Phi) is 3.67. The van der Waals surface area contributed by atoms with Crippen molar-refractivity contribution in [2.45, 2.75) is 26.2 Å². The van der Waals surface area contributed by atoms with Gasteiger partial charge in [0, 0.05) is 44.6 Å². The first-order chi connectivity index (χ1) is 9.79. The fraction of sp³-hybridized carbons (Fsp3) is 0.533. The Labute approximate surface area is 119 Å². The van der Waals surface area contributed by atoms with Gasteiger partial charge in [-0.15, -0.1) is 0 Å². The van der Waals surface area contributed by atoms with Crippen molar-refractivity contribution in [3.63, 3.8) is 0 Å². The van der Waals surface area contributed by atoms with E-state index >= 15 is 0 Å². The fourth-order valence-electron chi connectivity index (χ4n) is 2.83. The van der Waals surface area contributed by atoms with Crippen LogP contribution in [-0.4, -0.2) is 47.0 Å². The minimum atomic E-state index is 0.278. The predicted octanol–water partition coefficient (Wildman–Crippen LogP) is 1.49.